The fourth-order valence-electron chi connectivity index (χ4n) is 3.35. The topological polar surface area (TPSA) is 47.4 Å². The van der Waals surface area contributed by atoms with Crippen LogP contribution in [-0.2, 0) is 15.7 Å². The molecular weight excluding hydrogens is 359 g/mol. The lowest BCUT2D eigenvalue weighted by Gasteiger charge is -2.36. The molecule has 2 aliphatic rings. The molecule has 2 heterocycles. The fraction of sp³-hybridized carbons (Fsp3) is 0.750. The van der Waals surface area contributed by atoms with Crippen LogP contribution in [0.4, 0.5) is 13.2 Å². The van der Waals surface area contributed by atoms with Gasteiger partial charge in [-0.1, -0.05) is 11.6 Å². The number of hydrogen-bond acceptors (Lipinski definition) is 3. The van der Waals surface area contributed by atoms with E-state index in [4.69, 9.17) is 16.3 Å². The summed E-state index contributed by atoms with van der Waals surface area (Å²) >= 11 is 5.98. The summed E-state index contributed by atoms with van der Waals surface area (Å²) in [5.41, 5.74) is -0.788. The van der Waals surface area contributed by atoms with Gasteiger partial charge in [-0.25, -0.2) is 0 Å². The second-order valence-corrected chi connectivity index (χ2v) is 7.32. The van der Waals surface area contributed by atoms with Crippen LogP contribution in [0.2, 0.25) is 5.02 Å². The van der Waals surface area contributed by atoms with Gasteiger partial charge in [-0.2, -0.15) is 18.3 Å². The van der Waals surface area contributed by atoms with Crippen molar-refractivity contribution in [3.05, 3.63) is 16.4 Å². The summed E-state index contributed by atoms with van der Waals surface area (Å²) in [7, 11) is 0. The van der Waals surface area contributed by atoms with E-state index in [0.29, 0.717) is 18.8 Å². The average Bonchev–Trinajstić information content (AvgIpc) is 3.26. The molecule has 1 saturated carbocycles. The van der Waals surface area contributed by atoms with Gasteiger partial charge in [0.05, 0.1) is 22.9 Å². The standard InChI is InChI=1S/C16H21ClF3N3O2/c1-8-6-22(7-9(2)25-8)15(24)10(3)23-13(11-4-5-11)12(17)14(21-23)16(18,19)20/h8-11H,4-7H2,1-3H3/t8-,9+,10-/m0/s1. The molecule has 9 heteroatoms. The zero-order chi connectivity index (χ0) is 18.5. The zero-order valence-corrected chi connectivity index (χ0v) is 15.1. The number of hydrogen-bond donors (Lipinski definition) is 0. The molecule has 1 saturated heterocycles. The Morgan fingerprint density at radius 2 is 1.84 bits per heavy atom. The summed E-state index contributed by atoms with van der Waals surface area (Å²) < 4.78 is 46.3. The van der Waals surface area contributed by atoms with Crippen LogP contribution in [-0.4, -0.2) is 45.9 Å². The fourth-order valence-corrected chi connectivity index (χ4v) is 3.74. The quantitative estimate of drug-likeness (QED) is 0.805. The molecule has 1 aromatic rings. The summed E-state index contributed by atoms with van der Waals surface area (Å²) in [5.74, 6) is -0.328. The lowest BCUT2D eigenvalue weighted by Crippen LogP contribution is -2.50. The molecule has 0 bridgehead atoms. The molecule has 1 amide bonds. The number of carbonyl (C=O) groups excluding carboxylic acids is 1. The number of rotatable bonds is 3. The predicted molar refractivity (Wildman–Crippen MR) is 85.5 cm³/mol. The van der Waals surface area contributed by atoms with Gasteiger partial charge in [-0.3, -0.25) is 9.48 Å². The minimum atomic E-state index is -4.64. The zero-order valence-electron chi connectivity index (χ0n) is 14.3. The first-order valence-electron chi connectivity index (χ1n) is 8.39. The molecule has 0 radical (unpaired) electrons. The average molecular weight is 380 g/mol. The van der Waals surface area contributed by atoms with Gasteiger partial charge in [0.2, 0.25) is 5.91 Å². The van der Waals surface area contributed by atoms with Gasteiger partial charge in [-0.15, -0.1) is 0 Å². The minimum Gasteiger partial charge on any atom is -0.372 e. The molecule has 3 atom stereocenters. The molecule has 25 heavy (non-hydrogen) atoms. The smallest absolute Gasteiger partial charge is 0.372 e. The Morgan fingerprint density at radius 3 is 2.32 bits per heavy atom. The van der Waals surface area contributed by atoms with E-state index in [1.807, 2.05) is 13.8 Å². The van der Waals surface area contributed by atoms with Crippen LogP contribution in [0.5, 0.6) is 0 Å². The monoisotopic (exact) mass is 379 g/mol. The highest BCUT2D eigenvalue weighted by Gasteiger charge is 2.43. The summed E-state index contributed by atoms with van der Waals surface area (Å²) in [6.07, 6.45) is -3.36. The Bertz CT molecular complexity index is 662. The van der Waals surface area contributed by atoms with Gasteiger partial charge < -0.3 is 9.64 Å². The molecule has 5 nitrogen and oxygen atoms in total. The van der Waals surface area contributed by atoms with Crippen molar-refractivity contribution in [3.63, 3.8) is 0 Å². The van der Waals surface area contributed by atoms with Gasteiger partial charge in [-0.05, 0) is 33.6 Å². The molecule has 3 rings (SSSR count). The Hall–Kier alpha value is -1.28. The third-order valence-corrected chi connectivity index (χ3v) is 4.95. The highest BCUT2D eigenvalue weighted by atomic mass is 35.5. The summed E-state index contributed by atoms with van der Waals surface area (Å²) in [6, 6.07) is -0.846. The number of alkyl halides is 3. The van der Waals surface area contributed by atoms with Gasteiger partial charge in [0, 0.05) is 19.0 Å². The number of nitrogens with zero attached hydrogens (tertiary/aromatic N) is 3. The Kier molecular flexibility index (Phi) is 4.79. The van der Waals surface area contributed by atoms with Crippen molar-refractivity contribution in [1.82, 2.24) is 14.7 Å². The van der Waals surface area contributed by atoms with Crippen LogP contribution in [0.25, 0.3) is 0 Å². The summed E-state index contributed by atoms with van der Waals surface area (Å²) in [4.78, 5) is 14.5. The van der Waals surface area contributed by atoms with E-state index in [2.05, 4.69) is 5.10 Å². The molecular formula is C16H21ClF3N3O2. The first-order chi connectivity index (χ1) is 11.6. The van der Waals surface area contributed by atoms with E-state index in [1.165, 1.54) is 4.68 Å². The second-order valence-electron chi connectivity index (χ2n) is 6.94. The summed E-state index contributed by atoms with van der Waals surface area (Å²) in [5, 5.41) is 3.30. The van der Waals surface area contributed by atoms with E-state index >= 15 is 0 Å². The van der Waals surface area contributed by atoms with Crippen molar-refractivity contribution in [1.29, 1.82) is 0 Å². The van der Waals surface area contributed by atoms with E-state index < -0.39 is 17.9 Å². The van der Waals surface area contributed by atoms with Crippen LogP contribution in [0.3, 0.4) is 0 Å². The Labute approximate surface area is 149 Å². The van der Waals surface area contributed by atoms with Gasteiger partial charge in [0.1, 0.15) is 6.04 Å². The Morgan fingerprint density at radius 1 is 1.28 bits per heavy atom. The minimum absolute atomic E-state index is 0.0612. The van der Waals surface area contributed by atoms with Crippen molar-refractivity contribution in [2.45, 2.75) is 64.0 Å². The number of halogens is 4. The van der Waals surface area contributed by atoms with Gasteiger partial charge in [0.25, 0.3) is 0 Å². The van der Waals surface area contributed by atoms with Crippen LogP contribution >= 0.6 is 11.6 Å². The predicted octanol–water partition coefficient (Wildman–Crippen LogP) is 3.63. The van der Waals surface area contributed by atoms with Crippen molar-refractivity contribution >= 4 is 17.5 Å². The van der Waals surface area contributed by atoms with Crippen molar-refractivity contribution in [2.75, 3.05) is 13.1 Å². The van der Waals surface area contributed by atoms with E-state index in [-0.39, 0.29) is 29.1 Å². The van der Waals surface area contributed by atoms with Crippen molar-refractivity contribution in [2.24, 2.45) is 0 Å². The SMILES string of the molecule is C[C@@H]1CN(C(=O)[C@H](C)n2nc(C(F)(F)F)c(Cl)c2C2CC2)C[C@H](C)O1. The van der Waals surface area contributed by atoms with Crippen LogP contribution < -0.4 is 0 Å². The van der Waals surface area contributed by atoms with E-state index in [1.54, 1.807) is 11.8 Å². The van der Waals surface area contributed by atoms with E-state index in [0.717, 1.165) is 12.8 Å². The van der Waals surface area contributed by atoms with Crippen molar-refractivity contribution in [3.8, 4) is 0 Å². The lowest BCUT2D eigenvalue weighted by molar-refractivity contribution is -0.147. The molecule has 0 unspecified atom stereocenters. The third kappa shape index (κ3) is 3.65. The maximum absolute atomic E-state index is 13.2. The van der Waals surface area contributed by atoms with Crippen LogP contribution in [0, 0.1) is 0 Å². The summed E-state index contributed by atoms with van der Waals surface area (Å²) in [6.45, 7) is 6.12. The largest absolute Gasteiger partial charge is 0.436 e. The second kappa shape index (κ2) is 6.46. The highest BCUT2D eigenvalue weighted by Crippen LogP contribution is 2.47. The third-order valence-electron chi connectivity index (χ3n) is 4.58. The number of ether oxygens (including phenoxy) is 1. The normalized spacial score (nSPS) is 26.0. The maximum atomic E-state index is 13.2. The number of aromatic nitrogens is 2. The number of morpholine rings is 1. The van der Waals surface area contributed by atoms with Gasteiger partial charge in [0.15, 0.2) is 5.69 Å². The molecule has 1 aromatic heterocycles. The molecule has 2 fully saturated rings. The number of carbonyl (C=O) groups is 1. The lowest BCUT2D eigenvalue weighted by atomic mass is 10.2. The van der Waals surface area contributed by atoms with Crippen molar-refractivity contribution < 1.29 is 22.7 Å². The van der Waals surface area contributed by atoms with Crippen LogP contribution in [0.1, 0.15) is 57.0 Å². The molecule has 1 aliphatic heterocycles. The van der Waals surface area contributed by atoms with Crippen LogP contribution in [0.15, 0.2) is 0 Å². The molecule has 0 aromatic carbocycles. The first kappa shape index (κ1) is 18.5. The van der Waals surface area contributed by atoms with Gasteiger partial charge >= 0.3 is 6.18 Å². The first-order valence-corrected chi connectivity index (χ1v) is 8.76. The molecule has 0 spiro atoms. The molecule has 140 valence electrons. The maximum Gasteiger partial charge on any atom is 0.436 e. The highest BCUT2D eigenvalue weighted by molar-refractivity contribution is 6.32. The van der Waals surface area contributed by atoms with E-state index in [9.17, 15) is 18.0 Å². The Balaban J connectivity index is 1.91. The number of amides is 1. The molecule has 1 aliphatic carbocycles. The molecule has 0 N–H and O–H groups in total.